The molecule has 0 bridgehead atoms. The van der Waals surface area contributed by atoms with Crippen LogP contribution in [0.25, 0.3) is 0 Å². The predicted molar refractivity (Wildman–Crippen MR) is 103 cm³/mol. The molecule has 2 aromatic rings. The van der Waals surface area contributed by atoms with Crippen LogP contribution >= 0.6 is 11.8 Å². The number of sulfone groups is 1. The van der Waals surface area contributed by atoms with Crippen LogP contribution in [0.4, 0.5) is 0 Å². The Kier molecular flexibility index (Phi) is 6.21. The van der Waals surface area contributed by atoms with Crippen molar-refractivity contribution in [2.75, 3.05) is 11.5 Å². The second-order valence-electron chi connectivity index (χ2n) is 6.90. The number of hydrogen-bond donors (Lipinski definition) is 1. The third-order valence-electron chi connectivity index (χ3n) is 4.47. The van der Waals surface area contributed by atoms with E-state index in [0.29, 0.717) is 30.5 Å². The standard InChI is InChI=1S/C18H23N3O4S2/c1-12-3-5-14(6-4-12)10-19-17(22)13(2)26-18-21-20-16(25-18)9-15-7-8-27(23,24)11-15/h3-6,13,15H,7-11H2,1-2H3,(H,19,22)/t13-,15+/m0/s1. The Hall–Kier alpha value is -1.87. The summed E-state index contributed by atoms with van der Waals surface area (Å²) in [6, 6.07) is 7.99. The van der Waals surface area contributed by atoms with Gasteiger partial charge in [-0.05, 0) is 31.7 Å². The van der Waals surface area contributed by atoms with Gasteiger partial charge < -0.3 is 9.73 Å². The van der Waals surface area contributed by atoms with Crippen molar-refractivity contribution < 1.29 is 17.6 Å². The average molecular weight is 410 g/mol. The number of aryl methyl sites for hydroxylation is 1. The predicted octanol–water partition coefficient (Wildman–Crippen LogP) is 2.15. The quantitative estimate of drug-likeness (QED) is 0.699. The lowest BCUT2D eigenvalue weighted by atomic mass is 10.1. The van der Waals surface area contributed by atoms with E-state index in [1.165, 1.54) is 17.3 Å². The fourth-order valence-electron chi connectivity index (χ4n) is 2.89. The van der Waals surface area contributed by atoms with E-state index >= 15 is 0 Å². The summed E-state index contributed by atoms with van der Waals surface area (Å²) >= 11 is 1.20. The molecule has 27 heavy (non-hydrogen) atoms. The van der Waals surface area contributed by atoms with E-state index in [0.717, 1.165) is 5.56 Å². The number of carbonyl (C=O) groups excluding carboxylic acids is 1. The van der Waals surface area contributed by atoms with Gasteiger partial charge in [-0.2, -0.15) is 0 Å². The Morgan fingerprint density at radius 2 is 2.07 bits per heavy atom. The first-order chi connectivity index (χ1) is 12.8. The highest BCUT2D eigenvalue weighted by Crippen LogP contribution is 2.25. The molecule has 1 aliphatic rings. The van der Waals surface area contributed by atoms with Crippen molar-refractivity contribution in [3.8, 4) is 0 Å². The Morgan fingerprint density at radius 3 is 2.74 bits per heavy atom. The lowest BCUT2D eigenvalue weighted by Crippen LogP contribution is -2.30. The molecule has 1 amide bonds. The zero-order chi connectivity index (χ0) is 19.4. The van der Waals surface area contributed by atoms with Crippen LogP contribution in [0.1, 0.15) is 30.4 Å². The van der Waals surface area contributed by atoms with Gasteiger partial charge in [-0.15, -0.1) is 10.2 Å². The Balaban J connectivity index is 1.47. The number of nitrogens with zero attached hydrogens (tertiary/aromatic N) is 2. The SMILES string of the molecule is Cc1ccc(CNC(=O)[C@H](C)Sc2nnc(C[C@H]3CCS(=O)(=O)C3)o2)cc1. The molecular weight excluding hydrogens is 386 g/mol. The Bertz CT molecular complexity index is 894. The fourth-order valence-corrected chi connectivity index (χ4v) is 5.48. The summed E-state index contributed by atoms with van der Waals surface area (Å²) < 4.78 is 28.6. The topological polar surface area (TPSA) is 102 Å². The number of aromatic nitrogens is 2. The molecular formula is C18H23N3O4S2. The second kappa shape index (κ2) is 8.43. The summed E-state index contributed by atoms with van der Waals surface area (Å²) in [5.74, 6) is 0.749. The zero-order valence-corrected chi connectivity index (χ0v) is 17.0. The highest BCUT2D eigenvalue weighted by Gasteiger charge is 2.29. The van der Waals surface area contributed by atoms with Gasteiger partial charge in [0.15, 0.2) is 9.84 Å². The van der Waals surface area contributed by atoms with Crippen molar-refractivity contribution in [3.63, 3.8) is 0 Å². The molecule has 1 aromatic carbocycles. The molecule has 0 aliphatic carbocycles. The van der Waals surface area contributed by atoms with Crippen LogP contribution in [-0.4, -0.2) is 41.3 Å². The number of thioether (sulfide) groups is 1. The molecule has 7 nitrogen and oxygen atoms in total. The minimum absolute atomic E-state index is 0.0310. The zero-order valence-electron chi connectivity index (χ0n) is 15.3. The van der Waals surface area contributed by atoms with Gasteiger partial charge in [0, 0.05) is 13.0 Å². The van der Waals surface area contributed by atoms with Crippen molar-refractivity contribution in [1.82, 2.24) is 15.5 Å². The van der Waals surface area contributed by atoms with E-state index in [1.54, 1.807) is 6.92 Å². The summed E-state index contributed by atoms with van der Waals surface area (Å²) in [5, 5.41) is 10.8. The van der Waals surface area contributed by atoms with E-state index in [4.69, 9.17) is 4.42 Å². The van der Waals surface area contributed by atoms with Crippen LogP contribution in [0.15, 0.2) is 33.9 Å². The third-order valence-corrected chi connectivity index (χ3v) is 7.24. The maximum atomic E-state index is 12.3. The highest BCUT2D eigenvalue weighted by molar-refractivity contribution is 8.00. The smallest absolute Gasteiger partial charge is 0.277 e. The highest BCUT2D eigenvalue weighted by atomic mass is 32.2. The third kappa shape index (κ3) is 5.80. The molecule has 1 N–H and O–H groups in total. The molecule has 9 heteroatoms. The van der Waals surface area contributed by atoms with Gasteiger partial charge in [0.25, 0.3) is 5.22 Å². The molecule has 146 valence electrons. The van der Waals surface area contributed by atoms with Gasteiger partial charge in [0.05, 0.1) is 16.8 Å². The summed E-state index contributed by atoms with van der Waals surface area (Å²) in [6.45, 7) is 4.27. The second-order valence-corrected chi connectivity index (χ2v) is 10.4. The first-order valence-electron chi connectivity index (χ1n) is 8.83. The fraction of sp³-hybridized carbons (Fsp3) is 0.500. The molecule has 1 aliphatic heterocycles. The number of hydrogen-bond acceptors (Lipinski definition) is 7. The van der Waals surface area contributed by atoms with Crippen LogP contribution in [-0.2, 0) is 27.6 Å². The van der Waals surface area contributed by atoms with Crippen molar-refractivity contribution in [1.29, 1.82) is 0 Å². The molecule has 0 spiro atoms. The van der Waals surface area contributed by atoms with E-state index < -0.39 is 9.84 Å². The summed E-state index contributed by atoms with van der Waals surface area (Å²) in [4.78, 5) is 12.3. The molecule has 2 atom stereocenters. The number of rotatable bonds is 7. The van der Waals surface area contributed by atoms with Crippen molar-refractivity contribution in [2.45, 2.75) is 43.7 Å². The van der Waals surface area contributed by atoms with Gasteiger partial charge in [-0.3, -0.25) is 4.79 Å². The van der Waals surface area contributed by atoms with Crippen molar-refractivity contribution >= 4 is 27.5 Å². The van der Waals surface area contributed by atoms with Crippen molar-refractivity contribution in [3.05, 3.63) is 41.3 Å². The number of amides is 1. The largest absolute Gasteiger partial charge is 0.416 e. The molecule has 1 saturated heterocycles. The summed E-state index contributed by atoms with van der Waals surface area (Å²) in [6.07, 6.45) is 1.09. The molecule has 0 radical (unpaired) electrons. The van der Waals surface area contributed by atoms with Gasteiger partial charge >= 0.3 is 0 Å². The number of nitrogens with one attached hydrogen (secondary N) is 1. The maximum absolute atomic E-state index is 12.3. The molecule has 1 fully saturated rings. The van der Waals surface area contributed by atoms with Gasteiger partial charge in [0.1, 0.15) is 0 Å². The van der Waals surface area contributed by atoms with E-state index in [2.05, 4.69) is 15.5 Å². The molecule has 0 saturated carbocycles. The molecule has 1 aromatic heterocycles. The van der Waals surface area contributed by atoms with Crippen LogP contribution in [0, 0.1) is 12.8 Å². The van der Waals surface area contributed by atoms with Crippen molar-refractivity contribution in [2.24, 2.45) is 5.92 Å². The number of benzene rings is 1. The monoisotopic (exact) mass is 409 g/mol. The van der Waals surface area contributed by atoms with Crippen LogP contribution in [0.5, 0.6) is 0 Å². The van der Waals surface area contributed by atoms with E-state index in [-0.39, 0.29) is 28.6 Å². The molecule has 3 rings (SSSR count). The van der Waals surface area contributed by atoms with E-state index in [9.17, 15) is 13.2 Å². The summed E-state index contributed by atoms with van der Waals surface area (Å²) in [5.41, 5.74) is 2.22. The van der Waals surface area contributed by atoms with Crippen LogP contribution in [0.2, 0.25) is 0 Å². The average Bonchev–Trinajstić information content (AvgIpc) is 3.20. The summed E-state index contributed by atoms with van der Waals surface area (Å²) in [7, 11) is -2.92. The Morgan fingerprint density at radius 1 is 1.33 bits per heavy atom. The minimum Gasteiger partial charge on any atom is -0.416 e. The van der Waals surface area contributed by atoms with Crippen LogP contribution in [0.3, 0.4) is 0 Å². The van der Waals surface area contributed by atoms with Crippen LogP contribution < -0.4 is 5.32 Å². The first kappa shape index (κ1) is 19.9. The maximum Gasteiger partial charge on any atom is 0.277 e. The van der Waals surface area contributed by atoms with Gasteiger partial charge in [0.2, 0.25) is 11.8 Å². The molecule has 0 unspecified atom stereocenters. The van der Waals surface area contributed by atoms with Gasteiger partial charge in [-0.1, -0.05) is 41.6 Å². The molecule has 2 heterocycles. The van der Waals surface area contributed by atoms with E-state index in [1.807, 2.05) is 31.2 Å². The lowest BCUT2D eigenvalue weighted by molar-refractivity contribution is -0.120. The number of carbonyl (C=O) groups is 1. The van der Waals surface area contributed by atoms with Gasteiger partial charge in [-0.25, -0.2) is 8.42 Å². The Labute approximate surface area is 163 Å². The lowest BCUT2D eigenvalue weighted by Gasteiger charge is -2.10. The normalized spacial score (nSPS) is 19.7. The first-order valence-corrected chi connectivity index (χ1v) is 11.5. The minimum atomic E-state index is -2.92.